The Morgan fingerprint density at radius 3 is 2.67 bits per heavy atom. The van der Waals surface area contributed by atoms with E-state index in [-0.39, 0.29) is 5.91 Å². The minimum atomic E-state index is 0.0524. The number of hydrogen-bond acceptors (Lipinski definition) is 3. The Hall–Kier alpha value is -1.85. The highest BCUT2D eigenvalue weighted by Gasteiger charge is 2.24. The topological polar surface area (TPSA) is 41.4 Å². The van der Waals surface area contributed by atoms with Gasteiger partial charge in [-0.25, -0.2) is 4.68 Å². The third-order valence-corrected chi connectivity index (χ3v) is 4.77. The minimum Gasteiger partial charge on any atom is -0.339 e. The normalized spacial score (nSPS) is 15.9. The molecule has 0 saturated carbocycles. The maximum absolute atomic E-state index is 12.7. The molecule has 1 aliphatic heterocycles. The number of carbonyl (C=O) groups is 1. The highest BCUT2D eigenvalue weighted by molar-refractivity contribution is 6.32. The summed E-state index contributed by atoms with van der Waals surface area (Å²) < 4.78 is 1.66. The average molecular weight is 347 g/mol. The SMILES string of the molecule is CN(C)CC1CCN(C(=O)c2cnn(-c3ccccc3Cl)c2)CC1. The van der Waals surface area contributed by atoms with Crippen LogP contribution in [-0.4, -0.2) is 59.2 Å². The second-order valence-electron chi connectivity index (χ2n) is 6.62. The lowest BCUT2D eigenvalue weighted by Gasteiger charge is -2.33. The first-order chi connectivity index (χ1) is 11.5. The summed E-state index contributed by atoms with van der Waals surface area (Å²) in [5.74, 6) is 0.728. The monoisotopic (exact) mass is 346 g/mol. The van der Waals surface area contributed by atoms with Gasteiger partial charge in [-0.1, -0.05) is 23.7 Å². The van der Waals surface area contributed by atoms with Crippen LogP contribution in [0.2, 0.25) is 5.02 Å². The average Bonchev–Trinajstić information content (AvgIpc) is 3.04. The summed E-state index contributed by atoms with van der Waals surface area (Å²) in [7, 11) is 4.20. The molecule has 1 saturated heterocycles. The molecule has 1 aromatic carbocycles. The van der Waals surface area contributed by atoms with Crippen LogP contribution in [0.15, 0.2) is 36.7 Å². The van der Waals surface area contributed by atoms with Crippen LogP contribution in [0.1, 0.15) is 23.2 Å². The fourth-order valence-corrected chi connectivity index (χ4v) is 3.44. The van der Waals surface area contributed by atoms with E-state index in [0.717, 1.165) is 38.2 Å². The molecule has 128 valence electrons. The standard InChI is InChI=1S/C18H23ClN4O/c1-21(2)12-14-7-9-22(10-8-14)18(24)15-11-20-23(13-15)17-6-4-3-5-16(17)19/h3-6,11,13-14H,7-10,12H2,1-2H3. The van der Waals surface area contributed by atoms with Crippen LogP contribution >= 0.6 is 11.6 Å². The van der Waals surface area contributed by atoms with Gasteiger partial charge < -0.3 is 9.80 Å². The quantitative estimate of drug-likeness (QED) is 0.854. The van der Waals surface area contributed by atoms with E-state index < -0.39 is 0 Å². The number of halogens is 1. The van der Waals surface area contributed by atoms with Crippen LogP contribution in [0.4, 0.5) is 0 Å². The number of rotatable bonds is 4. The first-order valence-electron chi connectivity index (χ1n) is 8.28. The van der Waals surface area contributed by atoms with Crippen molar-refractivity contribution in [2.45, 2.75) is 12.8 Å². The zero-order valence-electron chi connectivity index (χ0n) is 14.2. The first-order valence-corrected chi connectivity index (χ1v) is 8.66. The molecule has 1 aliphatic rings. The smallest absolute Gasteiger partial charge is 0.257 e. The van der Waals surface area contributed by atoms with Crippen LogP contribution in [0, 0.1) is 5.92 Å². The Bertz CT molecular complexity index is 705. The molecular weight excluding hydrogens is 324 g/mol. The molecule has 6 heteroatoms. The third kappa shape index (κ3) is 3.79. The summed E-state index contributed by atoms with van der Waals surface area (Å²) in [6, 6.07) is 7.48. The van der Waals surface area contributed by atoms with Gasteiger partial charge in [0.2, 0.25) is 0 Å². The number of piperidine rings is 1. The number of aromatic nitrogens is 2. The van der Waals surface area contributed by atoms with E-state index in [1.165, 1.54) is 0 Å². The zero-order valence-corrected chi connectivity index (χ0v) is 14.9. The highest BCUT2D eigenvalue weighted by atomic mass is 35.5. The van der Waals surface area contributed by atoms with Crippen LogP contribution in [0.3, 0.4) is 0 Å². The first kappa shape index (κ1) is 17.0. The molecule has 24 heavy (non-hydrogen) atoms. The molecule has 1 fully saturated rings. The lowest BCUT2D eigenvalue weighted by atomic mass is 9.96. The van der Waals surface area contributed by atoms with E-state index >= 15 is 0 Å². The number of hydrogen-bond donors (Lipinski definition) is 0. The van der Waals surface area contributed by atoms with Crippen molar-refractivity contribution in [1.29, 1.82) is 0 Å². The van der Waals surface area contributed by atoms with Gasteiger partial charge in [-0.15, -0.1) is 0 Å². The molecule has 1 amide bonds. The summed E-state index contributed by atoms with van der Waals surface area (Å²) in [5, 5.41) is 4.91. The van der Waals surface area contributed by atoms with Crippen LogP contribution in [0.5, 0.6) is 0 Å². The van der Waals surface area contributed by atoms with Gasteiger partial charge in [0.05, 0.1) is 22.5 Å². The van der Waals surface area contributed by atoms with Crippen molar-refractivity contribution < 1.29 is 4.79 Å². The van der Waals surface area contributed by atoms with Crippen molar-refractivity contribution in [2.24, 2.45) is 5.92 Å². The number of nitrogens with zero attached hydrogens (tertiary/aromatic N) is 4. The Morgan fingerprint density at radius 2 is 2.00 bits per heavy atom. The molecule has 1 aromatic heterocycles. The number of benzene rings is 1. The van der Waals surface area contributed by atoms with Gasteiger partial charge in [-0.05, 0) is 45.0 Å². The van der Waals surface area contributed by atoms with Crippen molar-refractivity contribution in [3.63, 3.8) is 0 Å². The Kier molecular flexibility index (Phi) is 5.21. The zero-order chi connectivity index (χ0) is 17.1. The second-order valence-corrected chi connectivity index (χ2v) is 7.03. The molecule has 3 rings (SSSR count). The molecule has 0 bridgehead atoms. The molecule has 2 heterocycles. The Morgan fingerprint density at radius 1 is 1.29 bits per heavy atom. The van der Waals surface area contributed by atoms with Gasteiger partial charge in [-0.2, -0.15) is 5.10 Å². The molecule has 0 aliphatic carbocycles. The summed E-state index contributed by atoms with van der Waals surface area (Å²) >= 11 is 6.19. The van der Waals surface area contributed by atoms with Crippen LogP contribution in [-0.2, 0) is 0 Å². The van der Waals surface area contributed by atoms with E-state index in [4.69, 9.17) is 11.6 Å². The van der Waals surface area contributed by atoms with Crippen molar-refractivity contribution in [2.75, 3.05) is 33.7 Å². The summed E-state index contributed by atoms with van der Waals surface area (Å²) in [4.78, 5) is 16.8. The van der Waals surface area contributed by atoms with Gasteiger partial charge in [0.15, 0.2) is 0 Å². The predicted octanol–water partition coefficient (Wildman–Crippen LogP) is 2.94. The Labute approximate surface area is 147 Å². The van der Waals surface area contributed by atoms with E-state index in [1.807, 2.05) is 29.2 Å². The van der Waals surface area contributed by atoms with Crippen molar-refractivity contribution in [3.8, 4) is 5.69 Å². The van der Waals surface area contributed by atoms with E-state index in [2.05, 4.69) is 24.1 Å². The molecule has 2 aromatic rings. The maximum atomic E-state index is 12.7. The Balaban J connectivity index is 1.66. The predicted molar refractivity (Wildman–Crippen MR) is 95.8 cm³/mol. The van der Waals surface area contributed by atoms with Gasteiger partial charge in [-0.3, -0.25) is 4.79 Å². The molecule has 0 unspecified atom stereocenters. The minimum absolute atomic E-state index is 0.0524. The number of para-hydroxylation sites is 1. The molecule has 5 nitrogen and oxygen atoms in total. The maximum Gasteiger partial charge on any atom is 0.257 e. The number of carbonyl (C=O) groups excluding carboxylic acids is 1. The molecule has 0 atom stereocenters. The lowest BCUT2D eigenvalue weighted by Crippen LogP contribution is -2.40. The molecule has 0 radical (unpaired) electrons. The molecular formula is C18H23ClN4O. The van der Waals surface area contributed by atoms with E-state index in [1.54, 1.807) is 17.1 Å². The van der Waals surface area contributed by atoms with Crippen molar-refractivity contribution in [1.82, 2.24) is 19.6 Å². The highest BCUT2D eigenvalue weighted by Crippen LogP contribution is 2.22. The third-order valence-electron chi connectivity index (χ3n) is 4.45. The van der Waals surface area contributed by atoms with E-state index in [9.17, 15) is 4.79 Å². The van der Waals surface area contributed by atoms with Crippen LogP contribution in [0.25, 0.3) is 5.69 Å². The van der Waals surface area contributed by atoms with Crippen molar-refractivity contribution >= 4 is 17.5 Å². The van der Waals surface area contributed by atoms with Crippen LogP contribution < -0.4 is 0 Å². The lowest BCUT2D eigenvalue weighted by molar-refractivity contribution is 0.0678. The van der Waals surface area contributed by atoms with Gasteiger partial charge in [0.1, 0.15) is 0 Å². The summed E-state index contributed by atoms with van der Waals surface area (Å²) in [5.41, 5.74) is 1.39. The van der Waals surface area contributed by atoms with Crippen molar-refractivity contribution in [3.05, 3.63) is 47.2 Å². The molecule has 0 N–H and O–H groups in total. The summed E-state index contributed by atoms with van der Waals surface area (Å²) in [6.45, 7) is 2.72. The van der Waals surface area contributed by atoms with Gasteiger partial charge in [0.25, 0.3) is 5.91 Å². The molecule has 0 spiro atoms. The fourth-order valence-electron chi connectivity index (χ4n) is 3.22. The fraction of sp³-hybridized carbons (Fsp3) is 0.444. The largest absolute Gasteiger partial charge is 0.339 e. The number of likely N-dealkylation sites (tertiary alicyclic amines) is 1. The summed E-state index contributed by atoms with van der Waals surface area (Å²) in [6.07, 6.45) is 5.50. The number of amides is 1. The van der Waals surface area contributed by atoms with E-state index in [0.29, 0.717) is 16.5 Å². The van der Waals surface area contributed by atoms with Gasteiger partial charge >= 0.3 is 0 Å². The second kappa shape index (κ2) is 7.36. The van der Waals surface area contributed by atoms with Gasteiger partial charge in [0, 0.05) is 25.8 Å².